The molecule has 3 aromatic rings. The number of nitrogens with zero attached hydrogens (tertiary/aromatic N) is 1. The zero-order valence-corrected chi connectivity index (χ0v) is 21.4. The summed E-state index contributed by atoms with van der Waals surface area (Å²) in [6, 6.07) is 33.2. The number of likely N-dealkylation sites (N-methyl/N-ethyl adjacent to an activating group) is 1. The van der Waals surface area contributed by atoms with Gasteiger partial charge in [-0.3, -0.25) is 0 Å². The lowest BCUT2D eigenvalue weighted by molar-refractivity contribution is -0.917. The lowest BCUT2D eigenvalue weighted by Gasteiger charge is -2.43. The number of hydrogen-bond acceptors (Lipinski definition) is 0. The molecule has 0 saturated carbocycles. The van der Waals surface area contributed by atoms with Gasteiger partial charge in [0.25, 0.3) is 0 Å². The van der Waals surface area contributed by atoms with Crippen molar-refractivity contribution in [3.8, 4) is 0 Å². The first kappa shape index (κ1) is 26.7. The van der Waals surface area contributed by atoms with Crippen LogP contribution in [0.5, 0.6) is 0 Å². The first-order valence-electron chi connectivity index (χ1n) is 12.9. The summed E-state index contributed by atoms with van der Waals surface area (Å²) in [7, 11) is 0. The molecule has 0 atom stereocenters. The molecule has 3 rings (SSSR count). The van der Waals surface area contributed by atoms with Gasteiger partial charge < -0.3 is 4.48 Å². The molecule has 0 fully saturated rings. The lowest BCUT2D eigenvalue weighted by Crippen LogP contribution is -2.66. The van der Waals surface area contributed by atoms with Crippen molar-refractivity contribution in [1.82, 2.24) is 0 Å². The van der Waals surface area contributed by atoms with Crippen molar-refractivity contribution >= 4 is 22.5 Å². The first-order chi connectivity index (χ1) is 16.1. The maximum atomic E-state index is 3.77. The normalized spacial score (nSPS) is 11.4. The zero-order chi connectivity index (χ0) is 24.0. The fourth-order valence-electron chi connectivity index (χ4n) is 5.26. The van der Waals surface area contributed by atoms with Gasteiger partial charge in [-0.05, 0) is 26.8 Å². The van der Waals surface area contributed by atoms with E-state index in [1.54, 1.807) is 0 Å². The molecule has 2 heteroatoms. The van der Waals surface area contributed by atoms with Gasteiger partial charge in [-0.25, -0.2) is 0 Å². The second-order valence-electron chi connectivity index (χ2n) is 9.18. The van der Waals surface area contributed by atoms with Crippen LogP contribution in [0.2, 0.25) is 6.32 Å². The Morgan fingerprint density at radius 1 is 0.636 bits per heavy atom. The third-order valence-corrected chi connectivity index (χ3v) is 7.63. The van der Waals surface area contributed by atoms with Gasteiger partial charge in [-0.2, -0.15) is 22.7 Å². The van der Waals surface area contributed by atoms with Gasteiger partial charge in [-0.15, -0.1) is 0 Å². The SMILES string of the molecule is C=CC[N+](CC)(CC)CC.CCCC[B-](c1ccccc1)(c1ccccc1)c1ccccc1. The average Bonchev–Trinajstić information content (AvgIpc) is 2.90. The highest BCUT2D eigenvalue weighted by Gasteiger charge is 2.28. The van der Waals surface area contributed by atoms with Gasteiger partial charge >= 0.3 is 0 Å². The molecule has 0 unspecified atom stereocenters. The third kappa shape index (κ3) is 6.71. The molecule has 0 radical (unpaired) electrons. The van der Waals surface area contributed by atoms with E-state index in [0.29, 0.717) is 0 Å². The van der Waals surface area contributed by atoms with Gasteiger partial charge in [-0.1, -0.05) is 117 Å². The lowest BCUT2D eigenvalue weighted by atomic mass is 9.14. The van der Waals surface area contributed by atoms with Crippen LogP contribution in [0, 0.1) is 0 Å². The fourth-order valence-corrected chi connectivity index (χ4v) is 5.26. The molecular formula is C31H44BN. The number of benzene rings is 3. The van der Waals surface area contributed by atoms with Crippen molar-refractivity contribution in [2.24, 2.45) is 0 Å². The monoisotopic (exact) mass is 441 g/mol. The van der Waals surface area contributed by atoms with E-state index in [-0.39, 0.29) is 0 Å². The molecule has 1 nitrogen and oxygen atoms in total. The Labute approximate surface area is 203 Å². The van der Waals surface area contributed by atoms with E-state index < -0.39 is 6.15 Å². The summed E-state index contributed by atoms with van der Waals surface area (Å²) < 4.78 is 1.18. The Morgan fingerprint density at radius 2 is 1.00 bits per heavy atom. The van der Waals surface area contributed by atoms with E-state index in [2.05, 4.69) is 125 Å². The minimum absolute atomic E-state index is 0.913. The minimum Gasteiger partial charge on any atom is -0.321 e. The Hall–Kier alpha value is -2.58. The highest BCUT2D eigenvalue weighted by Crippen LogP contribution is 2.16. The van der Waals surface area contributed by atoms with Crippen LogP contribution < -0.4 is 16.4 Å². The Morgan fingerprint density at radius 3 is 1.24 bits per heavy atom. The summed E-state index contributed by atoms with van der Waals surface area (Å²) in [5.74, 6) is 0. The van der Waals surface area contributed by atoms with E-state index in [1.165, 1.54) is 59.7 Å². The number of quaternary nitrogens is 1. The van der Waals surface area contributed by atoms with Crippen LogP contribution in [-0.4, -0.2) is 36.8 Å². The largest absolute Gasteiger partial charge is 0.321 e. The molecule has 33 heavy (non-hydrogen) atoms. The number of rotatable bonds is 11. The summed E-state index contributed by atoms with van der Waals surface area (Å²) in [5, 5.41) is 0. The molecule has 0 aliphatic rings. The molecule has 0 aromatic heterocycles. The summed E-state index contributed by atoms with van der Waals surface area (Å²) >= 11 is 0. The molecule has 0 aliphatic carbocycles. The van der Waals surface area contributed by atoms with Gasteiger partial charge in [0.2, 0.25) is 0 Å². The third-order valence-electron chi connectivity index (χ3n) is 7.63. The molecule has 0 saturated heterocycles. The van der Waals surface area contributed by atoms with E-state index in [4.69, 9.17) is 0 Å². The molecular weight excluding hydrogens is 397 g/mol. The van der Waals surface area contributed by atoms with Crippen molar-refractivity contribution in [1.29, 1.82) is 0 Å². The second-order valence-corrected chi connectivity index (χ2v) is 9.18. The van der Waals surface area contributed by atoms with Gasteiger partial charge in [0.15, 0.2) is 0 Å². The summed E-state index contributed by atoms with van der Waals surface area (Å²) in [4.78, 5) is 0. The van der Waals surface area contributed by atoms with Crippen molar-refractivity contribution in [2.45, 2.75) is 46.9 Å². The molecule has 0 aliphatic heterocycles. The van der Waals surface area contributed by atoms with Crippen LogP contribution in [0.4, 0.5) is 0 Å². The van der Waals surface area contributed by atoms with Crippen molar-refractivity contribution in [3.05, 3.63) is 104 Å². The topological polar surface area (TPSA) is 0 Å². The smallest absolute Gasteiger partial charge is 0.0970 e. The second kappa shape index (κ2) is 13.9. The first-order valence-corrected chi connectivity index (χ1v) is 12.9. The Bertz CT molecular complexity index is 796. The van der Waals surface area contributed by atoms with E-state index in [1.807, 2.05) is 6.08 Å². The van der Waals surface area contributed by atoms with Crippen molar-refractivity contribution in [3.63, 3.8) is 0 Å². The maximum absolute atomic E-state index is 3.77. The standard InChI is InChI=1S/C22H24B.C9H20N/c1-2-3-19-23(20-13-7-4-8-14-20,21-15-9-5-10-16-21)22-17-11-6-12-18-22;1-5-9-10(6-2,7-3)8-4/h4-18H,2-3,19H2,1H3;5H,1,6-9H2,2-4H3/q-1;+1. The van der Waals surface area contributed by atoms with E-state index >= 15 is 0 Å². The van der Waals surface area contributed by atoms with Crippen LogP contribution in [0.15, 0.2) is 104 Å². The van der Waals surface area contributed by atoms with Crippen LogP contribution in [0.25, 0.3) is 0 Å². The van der Waals surface area contributed by atoms with E-state index in [0.717, 1.165) is 6.54 Å². The summed E-state index contributed by atoms with van der Waals surface area (Å²) in [6.45, 7) is 17.6. The molecule has 0 heterocycles. The number of hydrogen-bond donors (Lipinski definition) is 0. The van der Waals surface area contributed by atoms with Gasteiger partial charge in [0.05, 0.1) is 32.3 Å². The average molecular weight is 442 g/mol. The van der Waals surface area contributed by atoms with Crippen molar-refractivity contribution in [2.75, 3.05) is 26.2 Å². The van der Waals surface area contributed by atoms with Crippen LogP contribution in [0.1, 0.15) is 40.5 Å². The maximum Gasteiger partial charge on any atom is 0.0970 e. The zero-order valence-electron chi connectivity index (χ0n) is 21.4. The van der Waals surface area contributed by atoms with Gasteiger partial charge in [0.1, 0.15) is 0 Å². The van der Waals surface area contributed by atoms with Crippen molar-refractivity contribution < 1.29 is 4.48 Å². The van der Waals surface area contributed by atoms with Gasteiger partial charge in [0, 0.05) is 0 Å². The van der Waals surface area contributed by atoms with Crippen LogP contribution >= 0.6 is 0 Å². The van der Waals surface area contributed by atoms with E-state index in [9.17, 15) is 0 Å². The fraction of sp³-hybridized carbons (Fsp3) is 0.355. The predicted octanol–water partition coefficient (Wildman–Crippen LogP) is 6.01. The Kier molecular flexibility index (Phi) is 11.2. The summed E-state index contributed by atoms with van der Waals surface area (Å²) in [6.07, 6.45) is 4.75. The number of unbranched alkanes of at least 4 members (excludes halogenated alkanes) is 1. The molecule has 3 aromatic carbocycles. The molecule has 0 N–H and O–H groups in total. The summed E-state index contributed by atoms with van der Waals surface area (Å²) in [5.41, 5.74) is 4.33. The predicted molar refractivity (Wildman–Crippen MR) is 151 cm³/mol. The highest BCUT2D eigenvalue weighted by molar-refractivity contribution is 7.11. The molecule has 0 amide bonds. The molecule has 0 spiro atoms. The van der Waals surface area contributed by atoms with Crippen LogP contribution in [-0.2, 0) is 0 Å². The minimum atomic E-state index is -0.913. The molecule has 176 valence electrons. The Balaban J connectivity index is 0.000000328. The quantitative estimate of drug-likeness (QED) is 0.194. The van der Waals surface area contributed by atoms with Crippen LogP contribution in [0.3, 0.4) is 0 Å². The molecule has 0 bridgehead atoms. The highest BCUT2D eigenvalue weighted by atomic mass is 15.3.